The number of piperazine rings is 1. The van der Waals surface area contributed by atoms with Crippen LogP contribution in [0.25, 0.3) is 10.2 Å². The number of unbranched alkanes of at least 4 members (excludes halogenated alkanes) is 1. The molecule has 3 heterocycles. The van der Waals surface area contributed by atoms with Crippen molar-refractivity contribution in [2.75, 3.05) is 31.1 Å². The van der Waals surface area contributed by atoms with Gasteiger partial charge in [-0.25, -0.2) is 9.97 Å². The Balaban J connectivity index is 1.39. The zero-order valence-corrected chi connectivity index (χ0v) is 20.7. The normalized spacial score (nSPS) is 22.4. The number of hydrogen-bond donors (Lipinski definition) is 0. The molecule has 1 saturated carbocycles. The van der Waals surface area contributed by atoms with Crippen molar-refractivity contribution in [3.8, 4) is 0 Å². The molecule has 1 atom stereocenters. The summed E-state index contributed by atoms with van der Waals surface area (Å²) in [4.78, 5) is 30.5. The molecular weight excluding hydrogens is 416 g/mol. The number of hydrogen-bond acceptors (Lipinski definition) is 5. The van der Waals surface area contributed by atoms with Crippen LogP contribution in [0.4, 0.5) is 5.82 Å². The molecule has 0 aromatic carbocycles. The average Bonchev–Trinajstić information content (AvgIpc) is 3.19. The largest absolute Gasteiger partial charge is 0.352 e. The summed E-state index contributed by atoms with van der Waals surface area (Å²) in [6.45, 7) is 8.03. The SMILES string of the molecule is CCCCc1nc(N2CCN(C(=O)C3CCCCC3)CC2)c2c3c(sc2n1)C[C@H](C)CC3. The number of fused-ring (bicyclic) bond motifs is 3. The van der Waals surface area contributed by atoms with Gasteiger partial charge in [-0.3, -0.25) is 4.79 Å². The molecule has 174 valence electrons. The molecule has 1 saturated heterocycles. The Kier molecular flexibility index (Phi) is 6.68. The first-order chi connectivity index (χ1) is 15.6. The Morgan fingerprint density at radius 1 is 1.06 bits per heavy atom. The number of thiophene rings is 1. The minimum atomic E-state index is 0.271. The van der Waals surface area contributed by atoms with Gasteiger partial charge in [0, 0.05) is 43.4 Å². The Labute approximate surface area is 196 Å². The Hall–Kier alpha value is -1.69. The van der Waals surface area contributed by atoms with E-state index in [1.54, 1.807) is 0 Å². The fourth-order valence-electron chi connectivity index (χ4n) is 5.79. The molecule has 0 bridgehead atoms. The van der Waals surface area contributed by atoms with Crippen molar-refractivity contribution in [1.82, 2.24) is 14.9 Å². The number of aromatic nitrogens is 2. The fraction of sp³-hybridized carbons (Fsp3) is 0.731. The first-order valence-corrected chi connectivity index (χ1v) is 13.8. The summed E-state index contributed by atoms with van der Waals surface area (Å²) in [5, 5.41) is 1.32. The first kappa shape index (κ1) is 22.1. The Morgan fingerprint density at radius 2 is 1.84 bits per heavy atom. The van der Waals surface area contributed by atoms with Gasteiger partial charge >= 0.3 is 0 Å². The summed E-state index contributed by atoms with van der Waals surface area (Å²) in [6.07, 6.45) is 12.8. The zero-order chi connectivity index (χ0) is 22.1. The van der Waals surface area contributed by atoms with E-state index in [4.69, 9.17) is 9.97 Å². The van der Waals surface area contributed by atoms with Gasteiger partial charge in [-0.05, 0) is 50.0 Å². The van der Waals surface area contributed by atoms with Crippen LogP contribution in [0.15, 0.2) is 0 Å². The lowest BCUT2D eigenvalue weighted by Crippen LogP contribution is -2.51. The molecule has 5 nitrogen and oxygen atoms in total. The summed E-state index contributed by atoms with van der Waals surface area (Å²) in [5.41, 5.74) is 1.51. The lowest BCUT2D eigenvalue weighted by atomic mass is 9.88. The second-order valence-corrected chi connectivity index (χ2v) is 11.3. The summed E-state index contributed by atoms with van der Waals surface area (Å²) >= 11 is 1.91. The molecule has 0 unspecified atom stereocenters. The lowest BCUT2D eigenvalue weighted by molar-refractivity contribution is -0.136. The number of carbonyl (C=O) groups excluding carboxylic acids is 1. The van der Waals surface area contributed by atoms with Crippen LogP contribution in [0.1, 0.15) is 81.5 Å². The highest BCUT2D eigenvalue weighted by Crippen LogP contribution is 2.41. The topological polar surface area (TPSA) is 49.3 Å². The summed E-state index contributed by atoms with van der Waals surface area (Å²) in [7, 11) is 0. The third kappa shape index (κ3) is 4.40. The van der Waals surface area contributed by atoms with Crippen molar-refractivity contribution in [2.45, 2.75) is 84.5 Å². The van der Waals surface area contributed by atoms with E-state index in [0.717, 1.165) is 82.3 Å². The highest BCUT2D eigenvalue weighted by Gasteiger charge is 2.31. The lowest BCUT2D eigenvalue weighted by Gasteiger charge is -2.38. The Morgan fingerprint density at radius 3 is 2.59 bits per heavy atom. The van der Waals surface area contributed by atoms with E-state index in [2.05, 4.69) is 23.6 Å². The van der Waals surface area contributed by atoms with Crippen LogP contribution >= 0.6 is 11.3 Å². The van der Waals surface area contributed by atoms with Crippen LogP contribution in [-0.2, 0) is 24.1 Å². The molecule has 5 rings (SSSR count). The van der Waals surface area contributed by atoms with Gasteiger partial charge in [0.1, 0.15) is 16.5 Å². The quantitative estimate of drug-likeness (QED) is 0.608. The van der Waals surface area contributed by atoms with Crippen LogP contribution < -0.4 is 4.90 Å². The van der Waals surface area contributed by atoms with Crippen molar-refractivity contribution in [2.24, 2.45) is 11.8 Å². The predicted octanol–water partition coefficient (Wildman–Crippen LogP) is 5.39. The maximum absolute atomic E-state index is 13.0. The van der Waals surface area contributed by atoms with Gasteiger partial charge in [0.15, 0.2) is 0 Å². The number of carbonyl (C=O) groups is 1. The van der Waals surface area contributed by atoms with E-state index in [-0.39, 0.29) is 5.92 Å². The van der Waals surface area contributed by atoms with Gasteiger partial charge in [0.25, 0.3) is 0 Å². The monoisotopic (exact) mass is 454 g/mol. The molecule has 2 aromatic heterocycles. The second-order valence-electron chi connectivity index (χ2n) is 10.2. The standard InChI is InChI=1S/C26H38N4OS/c1-3-4-10-22-27-24(23-20-12-11-18(2)17-21(20)32-25(23)28-22)29-13-15-30(16-14-29)26(31)19-8-6-5-7-9-19/h18-19H,3-17H2,1-2H3/t18-/m1/s1. The van der Waals surface area contributed by atoms with Gasteiger partial charge < -0.3 is 9.80 Å². The van der Waals surface area contributed by atoms with Gasteiger partial charge in [0.05, 0.1) is 5.39 Å². The average molecular weight is 455 g/mol. The van der Waals surface area contributed by atoms with E-state index < -0.39 is 0 Å². The van der Waals surface area contributed by atoms with Crippen molar-refractivity contribution >= 4 is 33.3 Å². The summed E-state index contributed by atoms with van der Waals surface area (Å²) < 4.78 is 0. The van der Waals surface area contributed by atoms with Gasteiger partial charge in [0.2, 0.25) is 5.91 Å². The summed E-state index contributed by atoms with van der Waals surface area (Å²) in [6, 6.07) is 0. The van der Waals surface area contributed by atoms with Crippen molar-refractivity contribution in [3.05, 3.63) is 16.3 Å². The van der Waals surface area contributed by atoms with Gasteiger partial charge in [-0.1, -0.05) is 39.5 Å². The third-order valence-corrected chi connectivity index (χ3v) is 8.93. The van der Waals surface area contributed by atoms with Crippen LogP contribution in [0.2, 0.25) is 0 Å². The van der Waals surface area contributed by atoms with Crippen molar-refractivity contribution in [1.29, 1.82) is 0 Å². The first-order valence-electron chi connectivity index (χ1n) is 13.0. The molecule has 2 aromatic rings. The second kappa shape index (κ2) is 9.66. The molecule has 0 N–H and O–H groups in total. The highest BCUT2D eigenvalue weighted by molar-refractivity contribution is 7.19. The maximum atomic E-state index is 13.0. The van der Waals surface area contributed by atoms with Crippen molar-refractivity contribution < 1.29 is 4.79 Å². The molecule has 6 heteroatoms. The zero-order valence-electron chi connectivity index (χ0n) is 19.9. The predicted molar refractivity (Wildman–Crippen MR) is 133 cm³/mol. The molecule has 2 aliphatic carbocycles. The third-order valence-electron chi connectivity index (χ3n) is 7.78. The van der Waals surface area contributed by atoms with Crippen LogP contribution in [0.3, 0.4) is 0 Å². The van der Waals surface area contributed by atoms with E-state index in [9.17, 15) is 4.79 Å². The number of nitrogens with zero attached hydrogens (tertiary/aromatic N) is 4. The number of rotatable bonds is 5. The minimum absolute atomic E-state index is 0.271. The number of aryl methyl sites for hydroxylation is 2. The Bertz CT molecular complexity index is 956. The molecule has 0 spiro atoms. The number of anilines is 1. The highest BCUT2D eigenvalue weighted by atomic mass is 32.1. The van der Waals surface area contributed by atoms with Crippen LogP contribution in [-0.4, -0.2) is 47.0 Å². The fourth-order valence-corrected chi connectivity index (χ4v) is 7.18. The molecular formula is C26H38N4OS. The van der Waals surface area contributed by atoms with Crippen molar-refractivity contribution in [3.63, 3.8) is 0 Å². The van der Waals surface area contributed by atoms with E-state index >= 15 is 0 Å². The van der Waals surface area contributed by atoms with E-state index in [0.29, 0.717) is 5.91 Å². The molecule has 0 radical (unpaired) electrons. The smallest absolute Gasteiger partial charge is 0.225 e. The molecule has 3 aliphatic rings. The van der Waals surface area contributed by atoms with Crippen LogP contribution in [0, 0.1) is 11.8 Å². The van der Waals surface area contributed by atoms with Crippen LogP contribution in [0.5, 0.6) is 0 Å². The maximum Gasteiger partial charge on any atom is 0.225 e. The molecule has 32 heavy (non-hydrogen) atoms. The minimum Gasteiger partial charge on any atom is -0.352 e. The van der Waals surface area contributed by atoms with E-state index in [1.807, 2.05) is 11.3 Å². The molecule has 2 fully saturated rings. The number of amides is 1. The van der Waals surface area contributed by atoms with Gasteiger partial charge in [-0.2, -0.15) is 0 Å². The van der Waals surface area contributed by atoms with Gasteiger partial charge in [-0.15, -0.1) is 11.3 Å². The summed E-state index contributed by atoms with van der Waals surface area (Å²) in [5.74, 6) is 3.59. The molecule has 1 amide bonds. The molecule has 1 aliphatic heterocycles. The van der Waals surface area contributed by atoms with E-state index in [1.165, 1.54) is 52.8 Å².